The number of aliphatic hydroxyl groups is 1. The van der Waals surface area contributed by atoms with Gasteiger partial charge in [0.2, 0.25) is 6.20 Å². The van der Waals surface area contributed by atoms with Gasteiger partial charge in [0.05, 0.1) is 13.2 Å². The molecule has 0 radical (unpaired) electrons. The van der Waals surface area contributed by atoms with Crippen molar-refractivity contribution in [1.29, 1.82) is 5.41 Å². The third kappa shape index (κ3) is 3.21. The molecule has 0 spiro atoms. The molecule has 1 aromatic rings. The molecule has 1 heterocycles. The first-order chi connectivity index (χ1) is 7.17. The molecular weight excluding hydrogens is 196 g/mol. The van der Waals surface area contributed by atoms with Crippen molar-refractivity contribution in [2.75, 3.05) is 13.2 Å². The van der Waals surface area contributed by atoms with Gasteiger partial charge in [-0.2, -0.15) is 4.73 Å². The second-order valence-corrected chi connectivity index (χ2v) is 3.07. The Kier molecular flexibility index (Phi) is 4.05. The maximum atomic E-state index is 11.0. The van der Waals surface area contributed by atoms with Gasteiger partial charge in [-0.1, -0.05) is 0 Å². The number of pyridine rings is 1. The maximum Gasteiger partial charge on any atom is 0.222 e. The molecular formula is C10H14N2O3. The third-order valence-corrected chi connectivity index (χ3v) is 1.88. The first-order valence-corrected chi connectivity index (χ1v) is 4.69. The van der Waals surface area contributed by atoms with Gasteiger partial charge < -0.3 is 20.5 Å². The zero-order chi connectivity index (χ0) is 11.3. The second-order valence-electron chi connectivity index (χ2n) is 3.07. The van der Waals surface area contributed by atoms with Gasteiger partial charge in [0.1, 0.15) is 0 Å². The van der Waals surface area contributed by atoms with E-state index in [4.69, 9.17) is 15.3 Å². The van der Waals surface area contributed by atoms with Gasteiger partial charge in [0.15, 0.2) is 11.9 Å². The topological polar surface area (TPSA) is 80.2 Å². The molecule has 0 saturated carbocycles. The predicted molar refractivity (Wildman–Crippen MR) is 55.1 cm³/mol. The Morgan fingerprint density at radius 3 is 3.00 bits per heavy atom. The molecule has 15 heavy (non-hydrogen) atoms. The third-order valence-electron chi connectivity index (χ3n) is 1.88. The lowest BCUT2D eigenvalue weighted by molar-refractivity contribution is -0.605. The van der Waals surface area contributed by atoms with E-state index in [9.17, 15) is 5.21 Å². The van der Waals surface area contributed by atoms with Crippen LogP contribution in [0.25, 0.3) is 0 Å². The SMILES string of the molecule is CCOc1c[n+]([O-])ccc1CC(=N)CO. The molecule has 0 unspecified atom stereocenters. The Hall–Kier alpha value is -1.62. The highest BCUT2D eigenvalue weighted by molar-refractivity contribution is 5.85. The van der Waals surface area contributed by atoms with E-state index in [0.717, 1.165) is 5.56 Å². The van der Waals surface area contributed by atoms with Crippen LogP contribution in [-0.2, 0) is 6.42 Å². The van der Waals surface area contributed by atoms with E-state index in [1.54, 1.807) is 6.07 Å². The molecule has 1 rings (SSSR count). The quantitative estimate of drug-likeness (QED) is 0.416. The zero-order valence-corrected chi connectivity index (χ0v) is 8.56. The number of aliphatic hydroxyl groups excluding tert-OH is 1. The number of hydrogen-bond donors (Lipinski definition) is 2. The number of aromatic nitrogens is 1. The Bertz CT molecular complexity index is 353. The van der Waals surface area contributed by atoms with Crippen molar-refractivity contribution >= 4 is 5.71 Å². The normalized spacial score (nSPS) is 10.0. The van der Waals surface area contributed by atoms with E-state index in [2.05, 4.69) is 0 Å². The fourth-order valence-corrected chi connectivity index (χ4v) is 1.20. The van der Waals surface area contributed by atoms with Crippen molar-refractivity contribution in [3.05, 3.63) is 29.2 Å². The number of hydrogen-bond acceptors (Lipinski definition) is 4. The fraction of sp³-hybridized carbons (Fsp3) is 0.400. The number of nitrogens with one attached hydrogen (secondary N) is 1. The second kappa shape index (κ2) is 5.31. The predicted octanol–water partition coefficient (Wildman–Crippen LogP) is 0.273. The average molecular weight is 210 g/mol. The number of nitrogens with zero attached hydrogens (tertiary/aromatic N) is 1. The van der Waals surface area contributed by atoms with Crippen molar-refractivity contribution in [2.24, 2.45) is 0 Å². The van der Waals surface area contributed by atoms with Crippen molar-refractivity contribution in [1.82, 2.24) is 0 Å². The van der Waals surface area contributed by atoms with Crippen LogP contribution >= 0.6 is 0 Å². The van der Waals surface area contributed by atoms with E-state index in [1.165, 1.54) is 12.4 Å². The summed E-state index contributed by atoms with van der Waals surface area (Å²) in [5.41, 5.74) is 0.933. The maximum absolute atomic E-state index is 11.0. The summed E-state index contributed by atoms with van der Waals surface area (Å²) in [6.07, 6.45) is 2.97. The molecule has 1 aromatic heterocycles. The van der Waals surface area contributed by atoms with Crippen molar-refractivity contribution < 1.29 is 14.6 Å². The van der Waals surface area contributed by atoms with Crippen molar-refractivity contribution in [3.8, 4) is 5.75 Å². The molecule has 0 aliphatic carbocycles. The van der Waals surface area contributed by atoms with E-state index >= 15 is 0 Å². The molecule has 0 saturated heterocycles. The van der Waals surface area contributed by atoms with E-state index in [1.807, 2.05) is 6.92 Å². The van der Waals surface area contributed by atoms with Gasteiger partial charge in [0, 0.05) is 23.8 Å². The first kappa shape index (κ1) is 11.5. The van der Waals surface area contributed by atoms with E-state index in [0.29, 0.717) is 23.5 Å². The Morgan fingerprint density at radius 2 is 2.40 bits per heavy atom. The summed E-state index contributed by atoms with van der Waals surface area (Å²) in [7, 11) is 0. The Labute approximate surface area is 88.0 Å². The highest BCUT2D eigenvalue weighted by Gasteiger charge is 2.09. The molecule has 0 fully saturated rings. The number of ether oxygens (including phenoxy) is 1. The minimum Gasteiger partial charge on any atom is -0.619 e. The molecule has 0 amide bonds. The van der Waals surface area contributed by atoms with Crippen molar-refractivity contribution in [3.63, 3.8) is 0 Å². The van der Waals surface area contributed by atoms with Crippen LogP contribution in [-0.4, -0.2) is 24.0 Å². The van der Waals surface area contributed by atoms with Gasteiger partial charge in [-0.25, -0.2) is 0 Å². The van der Waals surface area contributed by atoms with Crippen LogP contribution < -0.4 is 9.47 Å². The lowest BCUT2D eigenvalue weighted by Gasteiger charge is -2.08. The minimum absolute atomic E-state index is 0.194. The minimum atomic E-state index is -0.280. The van der Waals surface area contributed by atoms with E-state index in [-0.39, 0.29) is 12.3 Å². The average Bonchev–Trinajstić information content (AvgIpc) is 2.22. The summed E-state index contributed by atoms with van der Waals surface area (Å²) in [5, 5.41) is 27.1. The van der Waals surface area contributed by atoms with Crippen LogP contribution in [0.2, 0.25) is 0 Å². The van der Waals surface area contributed by atoms with Gasteiger partial charge in [-0.3, -0.25) is 0 Å². The summed E-state index contributed by atoms with van der Waals surface area (Å²) in [4.78, 5) is 0. The summed E-state index contributed by atoms with van der Waals surface area (Å²) in [6.45, 7) is 2.00. The van der Waals surface area contributed by atoms with Crippen LogP contribution in [0.15, 0.2) is 18.5 Å². The molecule has 0 bridgehead atoms. The molecule has 0 atom stereocenters. The molecule has 5 nitrogen and oxygen atoms in total. The summed E-state index contributed by atoms with van der Waals surface area (Å²) < 4.78 is 5.91. The van der Waals surface area contributed by atoms with Crippen LogP contribution in [0.4, 0.5) is 0 Å². The smallest absolute Gasteiger partial charge is 0.222 e. The first-order valence-electron chi connectivity index (χ1n) is 4.69. The van der Waals surface area contributed by atoms with Gasteiger partial charge in [0.25, 0.3) is 0 Å². The Morgan fingerprint density at radius 1 is 1.67 bits per heavy atom. The van der Waals surface area contributed by atoms with Gasteiger partial charge in [-0.15, -0.1) is 0 Å². The molecule has 82 valence electrons. The molecule has 0 aromatic carbocycles. The van der Waals surface area contributed by atoms with Crippen LogP contribution in [0, 0.1) is 10.6 Å². The summed E-state index contributed by atoms with van der Waals surface area (Å²) in [5.74, 6) is 0.466. The molecule has 0 aliphatic heterocycles. The van der Waals surface area contributed by atoms with Gasteiger partial charge >= 0.3 is 0 Å². The fourth-order valence-electron chi connectivity index (χ4n) is 1.20. The standard InChI is InChI=1S/C10H14N2O3/c1-2-15-10-6-12(14)4-3-8(10)5-9(11)7-13/h3-4,6,11,13H,2,5,7H2,1H3. The van der Waals surface area contributed by atoms with Crippen molar-refractivity contribution in [2.45, 2.75) is 13.3 Å². The zero-order valence-electron chi connectivity index (χ0n) is 8.56. The van der Waals surface area contributed by atoms with Crippen LogP contribution in [0.1, 0.15) is 12.5 Å². The largest absolute Gasteiger partial charge is 0.619 e. The molecule has 5 heteroatoms. The Balaban J connectivity index is 2.89. The highest BCUT2D eigenvalue weighted by Crippen LogP contribution is 2.16. The lowest BCUT2D eigenvalue weighted by Crippen LogP contribution is -2.25. The monoisotopic (exact) mass is 210 g/mol. The molecule has 0 aliphatic rings. The van der Waals surface area contributed by atoms with Crippen LogP contribution in [0.5, 0.6) is 5.75 Å². The highest BCUT2D eigenvalue weighted by atomic mass is 16.5. The molecule has 2 N–H and O–H groups in total. The van der Waals surface area contributed by atoms with Gasteiger partial charge in [-0.05, 0) is 6.92 Å². The number of rotatable bonds is 5. The van der Waals surface area contributed by atoms with Crippen LogP contribution in [0.3, 0.4) is 0 Å². The summed E-state index contributed by atoms with van der Waals surface area (Å²) in [6, 6.07) is 1.60. The summed E-state index contributed by atoms with van der Waals surface area (Å²) >= 11 is 0. The van der Waals surface area contributed by atoms with E-state index < -0.39 is 0 Å². The lowest BCUT2D eigenvalue weighted by atomic mass is 10.1.